The van der Waals surface area contributed by atoms with Gasteiger partial charge in [0.1, 0.15) is 19.0 Å². The Morgan fingerprint density at radius 2 is 1.91 bits per heavy atom. The molecule has 35 heavy (non-hydrogen) atoms. The first-order valence-electron chi connectivity index (χ1n) is 12.5. The third-order valence-corrected chi connectivity index (χ3v) is 7.42. The van der Waals surface area contributed by atoms with Gasteiger partial charge in [0.2, 0.25) is 0 Å². The van der Waals surface area contributed by atoms with Gasteiger partial charge in [-0.25, -0.2) is 9.78 Å². The van der Waals surface area contributed by atoms with Crippen LogP contribution in [0.15, 0.2) is 36.4 Å². The Kier molecular flexibility index (Phi) is 6.08. The summed E-state index contributed by atoms with van der Waals surface area (Å²) in [5.41, 5.74) is 3.67. The first kappa shape index (κ1) is 22.4. The van der Waals surface area contributed by atoms with Crippen molar-refractivity contribution in [3.05, 3.63) is 53.3 Å². The number of fused-ring (bicyclic) bond motifs is 2. The second-order valence-corrected chi connectivity index (χ2v) is 9.54. The number of likely N-dealkylation sites (tertiary alicyclic amines) is 1. The summed E-state index contributed by atoms with van der Waals surface area (Å²) in [5, 5.41) is 0. The topological polar surface area (TPSA) is 75.0 Å². The van der Waals surface area contributed by atoms with E-state index in [1.807, 2.05) is 18.2 Å². The lowest BCUT2D eigenvalue weighted by Crippen LogP contribution is -2.35. The summed E-state index contributed by atoms with van der Waals surface area (Å²) in [4.78, 5) is 19.5. The van der Waals surface area contributed by atoms with E-state index in [1.165, 1.54) is 12.7 Å². The van der Waals surface area contributed by atoms with Gasteiger partial charge in [-0.2, -0.15) is 0 Å². The van der Waals surface area contributed by atoms with Crippen LogP contribution in [0.3, 0.4) is 0 Å². The number of methoxy groups -OCH3 is 1. The van der Waals surface area contributed by atoms with Gasteiger partial charge in [0.15, 0.2) is 11.5 Å². The largest absolute Gasteiger partial charge is 0.486 e. The number of esters is 1. The summed E-state index contributed by atoms with van der Waals surface area (Å²) < 4.78 is 24.6. The Balaban J connectivity index is 1.20. The molecule has 8 heteroatoms. The zero-order chi connectivity index (χ0) is 23.8. The molecule has 2 aromatic carbocycles. The number of hydrogen-bond donors (Lipinski definition) is 0. The Labute approximate surface area is 204 Å². The standard InChI is InChI=1S/C27H31N3O5/c1-32-27(31)19-5-6-22-23(15-19)30(16-20-9-12-33-20)25(28-22)17-29-10-7-18(8-11-29)21-3-2-4-24-26(21)35-14-13-34-24/h2-6,15,18,20H,7-14,16-17H2,1H3/t20-/m0/s1. The van der Waals surface area contributed by atoms with Crippen molar-refractivity contribution >= 4 is 17.0 Å². The van der Waals surface area contributed by atoms with E-state index < -0.39 is 0 Å². The molecule has 3 aromatic rings. The summed E-state index contributed by atoms with van der Waals surface area (Å²) in [6.07, 6.45) is 3.38. The molecule has 0 saturated carbocycles. The third-order valence-electron chi connectivity index (χ3n) is 7.42. The SMILES string of the molecule is COC(=O)c1ccc2nc(CN3CCC(c4cccc5c4OCCO5)CC3)n(C[C@@H]3CCO3)c2c1. The van der Waals surface area contributed by atoms with Crippen LogP contribution >= 0.6 is 0 Å². The number of hydrogen-bond acceptors (Lipinski definition) is 7. The molecule has 0 radical (unpaired) electrons. The second-order valence-electron chi connectivity index (χ2n) is 9.54. The lowest BCUT2D eigenvalue weighted by molar-refractivity contribution is -0.0592. The van der Waals surface area contributed by atoms with Crippen molar-refractivity contribution < 1.29 is 23.7 Å². The minimum absolute atomic E-state index is 0.199. The van der Waals surface area contributed by atoms with E-state index in [-0.39, 0.29) is 12.1 Å². The molecular weight excluding hydrogens is 446 g/mol. The van der Waals surface area contributed by atoms with Crippen LogP contribution < -0.4 is 9.47 Å². The molecule has 184 valence electrons. The Morgan fingerprint density at radius 3 is 2.69 bits per heavy atom. The molecule has 8 nitrogen and oxygen atoms in total. The van der Waals surface area contributed by atoms with Gasteiger partial charge >= 0.3 is 5.97 Å². The van der Waals surface area contributed by atoms with Crippen molar-refractivity contribution in [2.24, 2.45) is 0 Å². The van der Waals surface area contributed by atoms with Crippen molar-refractivity contribution in [1.82, 2.24) is 14.5 Å². The molecular formula is C27H31N3O5. The van der Waals surface area contributed by atoms with Gasteiger partial charge in [-0.15, -0.1) is 0 Å². The maximum absolute atomic E-state index is 12.1. The van der Waals surface area contributed by atoms with Gasteiger partial charge in [0, 0.05) is 12.2 Å². The first-order chi connectivity index (χ1) is 17.2. The minimum Gasteiger partial charge on any atom is -0.486 e. The lowest BCUT2D eigenvalue weighted by atomic mass is 9.88. The number of imidazole rings is 1. The molecule has 0 bridgehead atoms. The van der Waals surface area contributed by atoms with Crippen molar-refractivity contribution in [1.29, 1.82) is 0 Å². The van der Waals surface area contributed by atoms with Crippen molar-refractivity contribution in [3.8, 4) is 11.5 Å². The summed E-state index contributed by atoms with van der Waals surface area (Å²) in [7, 11) is 1.41. The molecule has 0 unspecified atom stereocenters. The monoisotopic (exact) mass is 477 g/mol. The molecule has 1 aromatic heterocycles. The predicted molar refractivity (Wildman–Crippen MR) is 130 cm³/mol. The fraction of sp³-hybridized carbons (Fsp3) is 0.481. The summed E-state index contributed by atoms with van der Waals surface area (Å²) in [6.45, 7) is 5.54. The number of benzene rings is 2. The van der Waals surface area contributed by atoms with Crippen molar-refractivity contribution in [3.63, 3.8) is 0 Å². The maximum atomic E-state index is 12.1. The van der Waals surface area contributed by atoms with E-state index in [9.17, 15) is 4.79 Å². The van der Waals surface area contributed by atoms with E-state index in [4.69, 9.17) is 23.9 Å². The first-order valence-corrected chi connectivity index (χ1v) is 12.5. The summed E-state index contributed by atoms with van der Waals surface area (Å²) in [6, 6.07) is 11.8. The fourth-order valence-corrected chi connectivity index (χ4v) is 5.39. The van der Waals surface area contributed by atoms with Gasteiger partial charge in [-0.1, -0.05) is 12.1 Å². The van der Waals surface area contributed by atoms with Crippen LogP contribution in [0.5, 0.6) is 11.5 Å². The second kappa shape index (κ2) is 9.51. The van der Waals surface area contributed by atoms with Gasteiger partial charge < -0.3 is 23.5 Å². The van der Waals surface area contributed by atoms with Crippen LogP contribution in [0.25, 0.3) is 11.0 Å². The zero-order valence-corrected chi connectivity index (χ0v) is 20.1. The van der Waals surface area contributed by atoms with Crippen LogP contribution in [0.1, 0.15) is 46.9 Å². The highest BCUT2D eigenvalue weighted by Gasteiger charge is 2.28. The molecule has 4 heterocycles. The number of ether oxygens (including phenoxy) is 4. The van der Waals surface area contributed by atoms with Crippen molar-refractivity contribution in [2.45, 2.75) is 44.4 Å². The average Bonchev–Trinajstić information content (AvgIpc) is 3.21. The number of piperidine rings is 1. The van der Waals surface area contributed by atoms with Crippen LogP contribution in [0.2, 0.25) is 0 Å². The van der Waals surface area contributed by atoms with E-state index in [2.05, 4.69) is 21.6 Å². The van der Waals surface area contributed by atoms with E-state index in [1.54, 1.807) is 6.07 Å². The normalized spacial score (nSPS) is 20.5. The molecule has 3 aliphatic heterocycles. The number of nitrogens with zero attached hydrogens (tertiary/aromatic N) is 3. The molecule has 0 N–H and O–H groups in total. The van der Waals surface area contributed by atoms with E-state index in [0.717, 1.165) is 80.4 Å². The number of rotatable bonds is 6. The Hall–Kier alpha value is -3.10. The fourth-order valence-electron chi connectivity index (χ4n) is 5.39. The number of aromatic nitrogens is 2. The highest BCUT2D eigenvalue weighted by Crippen LogP contribution is 2.41. The molecule has 0 aliphatic carbocycles. The van der Waals surface area contributed by atoms with Crippen LogP contribution in [0, 0.1) is 0 Å². The summed E-state index contributed by atoms with van der Waals surface area (Å²) in [5.74, 6) is 2.95. The molecule has 0 spiro atoms. The number of carbonyl (C=O) groups excluding carboxylic acids is 1. The quantitative estimate of drug-likeness (QED) is 0.501. The van der Waals surface area contributed by atoms with Crippen LogP contribution in [-0.2, 0) is 22.6 Å². The van der Waals surface area contributed by atoms with Gasteiger partial charge in [0.05, 0.1) is 42.9 Å². The molecule has 1 atom stereocenters. The molecule has 3 aliphatic rings. The molecule has 2 saturated heterocycles. The van der Waals surface area contributed by atoms with E-state index >= 15 is 0 Å². The average molecular weight is 478 g/mol. The highest BCUT2D eigenvalue weighted by atomic mass is 16.6. The van der Waals surface area contributed by atoms with Gasteiger partial charge in [0.25, 0.3) is 0 Å². The number of para-hydroxylation sites is 1. The highest BCUT2D eigenvalue weighted by molar-refractivity contribution is 5.93. The maximum Gasteiger partial charge on any atom is 0.337 e. The van der Waals surface area contributed by atoms with Crippen LogP contribution in [-0.4, -0.2) is 66.5 Å². The smallest absolute Gasteiger partial charge is 0.337 e. The third kappa shape index (κ3) is 4.36. The van der Waals surface area contributed by atoms with E-state index in [0.29, 0.717) is 24.7 Å². The summed E-state index contributed by atoms with van der Waals surface area (Å²) >= 11 is 0. The van der Waals surface area contributed by atoms with Crippen molar-refractivity contribution in [2.75, 3.05) is 40.0 Å². The predicted octanol–water partition coefficient (Wildman–Crippen LogP) is 3.76. The van der Waals surface area contributed by atoms with Crippen LogP contribution in [0.4, 0.5) is 0 Å². The number of carbonyl (C=O) groups is 1. The van der Waals surface area contributed by atoms with Gasteiger partial charge in [-0.05, 0) is 62.5 Å². The molecule has 6 rings (SSSR count). The Bertz CT molecular complexity index is 1230. The lowest BCUT2D eigenvalue weighted by Gasteiger charge is -2.34. The molecule has 0 amide bonds. The Morgan fingerprint density at radius 1 is 1.09 bits per heavy atom. The zero-order valence-electron chi connectivity index (χ0n) is 20.1. The van der Waals surface area contributed by atoms with Gasteiger partial charge in [-0.3, -0.25) is 4.90 Å². The minimum atomic E-state index is -0.333. The molecule has 2 fully saturated rings.